The first-order valence-corrected chi connectivity index (χ1v) is 42.1. The number of aromatic nitrogens is 8. The van der Waals surface area contributed by atoms with Gasteiger partial charge in [0.15, 0.2) is 23.1 Å². The number of ketones is 4. The SMILES string of the molecule is CCCC(=O)N(C)c1ccc(-c2ccc(C(=O)CCc3ccc(C)nc3)nc2)cc1F.CCCC(=O)N(C)c1ccc(-c2ccc(C(=O)CCc3ccc(C)nc3C)cn2)cc1F.CCCC(=O)N(C)c1ccc(-c2ccc(C(=O)CCc3ccc(F)nc3C)cn2)cc1F.CCCC(=O)N(C)c1ccc(-c2ccc(C(=O)CCc3ccc(OC)nc3)cn2)cc1F. The van der Waals surface area contributed by atoms with Gasteiger partial charge >= 0.3 is 0 Å². The van der Waals surface area contributed by atoms with Crippen LogP contribution < -0.4 is 24.3 Å². The minimum Gasteiger partial charge on any atom is -0.481 e. The number of aryl methyl sites for hydroxylation is 8. The number of methoxy groups -OCH3 is 1. The topological polar surface area (TPSA) is 262 Å². The summed E-state index contributed by atoms with van der Waals surface area (Å²) in [5.74, 6) is -2.69. The van der Waals surface area contributed by atoms with Crippen LogP contribution in [0.15, 0.2) is 207 Å². The van der Waals surface area contributed by atoms with Crippen LogP contribution in [0.3, 0.4) is 0 Å². The van der Waals surface area contributed by atoms with Crippen molar-refractivity contribution in [1.29, 1.82) is 0 Å². The number of nitrogens with zero attached hydrogens (tertiary/aromatic N) is 12. The molecule has 0 aliphatic carbocycles. The Morgan fingerprint density at radius 1 is 0.315 bits per heavy atom. The van der Waals surface area contributed by atoms with Crippen molar-refractivity contribution < 1.29 is 65.0 Å². The molecular weight excluding hydrogens is 1620 g/mol. The maximum Gasteiger partial charge on any atom is 0.226 e. The molecule has 12 aromatic rings. The van der Waals surface area contributed by atoms with Gasteiger partial charge in [0.25, 0.3) is 0 Å². The van der Waals surface area contributed by atoms with Gasteiger partial charge in [-0.05, 0) is 216 Å². The second kappa shape index (κ2) is 47.3. The lowest BCUT2D eigenvalue weighted by Crippen LogP contribution is -2.26. The van der Waals surface area contributed by atoms with Crippen LogP contribution in [0.1, 0.15) is 191 Å². The normalized spacial score (nSPS) is 10.7. The van der Waals surface area contributed by atoms with Gasteiger partial charge in [-0.2, -0.15) is 4.39 Å². The first-order chi connectivity index (χ1) is 60.9. The van der Waals surface area contributed by atoms with E-state index in [-0.39, 0.29) is 75.9 Å². The van der Waals surface area contributed by atoms with Gasteiger partial charge in [-0.25, -0.2) is 27.5 Å². The quantitative estimate of drug-likeness (QED) is 0.0210. The summed E-state index contributed by atoms with van der Waals surface area (Å²) in [6.07, 6.45) is 17.4. The summed E-state index contributed by atoms with van der Waals surface area (Å²) in [5, 5.41) is 0. The molecule has 26 heteroatoms. The lowest BCUT2D eigenvalue weighted by Gasteiger charge is -2.18. The Labute approximate surface area is 738 Å². The smallest absolute Gasteiger partial charge is 0.226 e. The highest BCUT2D eigenvalue weighted by atomic mass is 19.1. The van der Waals surface area contributed by atoms with Crippen LogP contribution in [0, 0.1) is 56.9 Å². The highest BCUT2D eigenvalue weighted by molar-refractivity contribution is 5.99. The number of ether oxygens (including phenoxy) is 1. The number of carbonyl (C=O) groups excluding carboxylic acids is 8. The number of halogens is 5. The van der Waals surface area contributed by atoms with Gasteiger partial charge in [-0.3, -0.25) is 68.3 Å². The van der Waals surface area contributed by atoms with E-state index in [1.54, 1.807) is 170 Å². The van der Waals surface area contributed by atoms with Gasteiger partial charge in [0, 0.05) is 185 Å². The molecule has 0 saturated heterocycles. The molecule has 0 saturated carbocycles. The van der Waals surface area contributed by atoms with Crippen molar-refractivity contribution in [3.05, 3.63) is 304 Å². The number of rotatable bonds is 33. The highest BCUT2D eigenvalue weighted by Gasteiger charge is 2.23. The number of hydrogen-bond acceptors (Lipinski definition) is 17. The third kappa shape index (κ3) is 27.5. The summed E-state index contributed by atoms with van der Waals surface area (Å²) in [5.41, 5.74) is 14.7. The Kier molecular flexibility index (Phi) is 36.1. The van der Waals surface area contributed by atoms with E-state index in [9.17, 15) is 60.3 Å². The van der Waals surface area contributed by atoms with Crippen molar-refractivity contribution in [2.24, 2.45) is 0 Å². The molecule has 21 nitrogen and oxygen atoms in total. The molecule has 127 heavy (non-hydrogen) atoms. The molecular formula is C101H105F5N12O9. The van der Waals surface area contributed by atoms with E-state index in [1.807, 2.05) is 78.8 Å². The van der Waals surface area contributed by atoms with E-state index >= 15 is 0 Å². The largest absolute Gasteiger partial charge is 0.481 e. The molecule has 0 aliphatic heterocycles. The third-order valence-electron chi connectivity index (χ3n) is 21.1. The van der Waals surface area contributed by atoms with Crippen molar-refractivity contribution in [3.63, 3.8) is 0 Å². The lowest BCUT2D eigenvalue weighted by atomic mass is 10.0. The first-order valence-electron chi connectivity index (χ1n) is 42.1. The average molecular weight is 1730 g/mol. The van der Waals surface area contributed by atoms with Crippen LogP contribution in [0.5, 0.6) is 5.88 Å². The van der Waals surface area contributed by atoms with Crippen LogP contribution >= 0.6 is 0 Å². The van der Waals surface area contributed by atoms with Crippen molar-refractivity contribution in [1.82, 2.24) is 39.9 Å². The summed E-state index contributed by atoms with van der Waals surface area (Å²) < 4.78 is 76.6. The monoisotopic (exact) mass is 1720 g/mol. The number of anilines is 4. The van der Waals surface area contributed by atoms with Crippen LogP contribution in [0.25, 0.3) is 44.9 Å². The number of Topliss-reactive ketones (excluding diaryl/α,β-unsaturated/α-hetero) is 4. The Bertz CT molecular complexity index is 5650. The zero-order chi connectivity index (χ0) is 92.0. The molecule has 0 aliphatic rings. The number of amides is 4. The molecule has 0 spiro atoms. The molecule has 0 unspecified atom stereocenters. The maximum atomic E-state index is 14.6. The van der Waals surface area contributed by atoms with E-state index in [2.05, 4.69) is 39.9 Å². The Morgan fingerprint density at radius 3 is 1.00 bits per heavy atom. The van der Waals surface area contributed by atoms with Crippen LogP contribution in [-0.4, -0.2) is 122 Å². The fourth-order valence-electron chi connectivity index (χ4n) is 13.5. The molecule has 12 rings (SSSR count). The standard InChI is InChI=1S/C26H28FN3O2.C25H25F2N3O2.C25H26FN3O3.C25H26FN3O2/c1-5-6-26(32)30(4)24-13-10-20(15-22(24)27)23-12-9-21(16-28-23)25(31)14-11-19-8-7-17(2)29-18(19)3;1-4-5-25(32)30(3)22-11-7-18(14-20(22)26)21-10-6-19(15-28-21)23(31)12-8-17-9-13-24(27)29-16(17)2;1-4-5-25(31)29(2)22-11-9-18(14-20(22)26)21-10-8-19(16-27-21)23(30)12-6-17-7-13-24(32-3)28-15-17;1-4-5-25(31)29(3)23-12-10-19(14-21(23)26)20-9-11-22(28-16-20)24(30)13-8-18-7-6-17(2)27-15-18/h7-10,12-13,15-16H,5-6,11,14H2,1-4H3;6-7,9-11,13-15H,4-5,8,12H2,1-3H3;7-11,13-16H,4-6,12H2,1-3H3;6-7,9-12,14-16H,4-5,8,13H2,1-3H3. The van der Waals surface area contributed by atoms with E-state index < -0.39 is 29.2 Å². The molecule has 658 valence electrons. The molecule has 4 amide bonds. The fourth-order valence-corrected chi connectivity index (χ4v) is 13.5. The Morgan fingerprint density at radius 2 is 0.669 bits per heavy atom. The third-order valence-corrected chi connectivity index (χ3v) is 21.1. The number of benzene rings is 4. The number of carbonyl (C=O) groups is 8. The van der Waals surface area contributed by atoms with Gasteiger partial charge in [0.05, 0.1) is 46.9 Å². The highest BCUT2D eigenvalue weighted by Crippen LogP contribution is 2.32. The van der Waals surface area contributed by atoms with Crippen molar-refractivity contribution in [2.45, 2.75) is 158 Å². The molecule has 0 bridgehead atoms. The Hall–Kier alpha value is -13.9. The molecule has 0 fully saturated rings. The predicted octanol–water partition coefficient (Wildman–Crippen LogP) is 20.8. The second-order valence-electron chi connectivity index (χ2n) is 30.5. The second-order valence-corrected chi connectivity index (χ2v) is 30.5. The minimum atomic E-state index is -0.541. The van der Waals surface area contributed by atoms with E-state index in [4.69, 9.17) is 4.74 Å². The number of pyridine rings is 8. The van der Waals surface area contributed by atoms with Gasteiger partial charge < -0.3 is 24.3 Å². The molecule has 0 atom stereocenters. The van der Waals surface area contributed by atoms with E-state index in [0.29, 0.717) is 175 Å². The summed E-state index contributed by atoms with van der Waals surface area (Å²) in [7, 11) is 7.82. The lowest BCUT2D eigenvalue weighted by molar-refractivity contribution is -0.119. The zero-order valence-electron chi connectivity index (χ0n) is 73.9. The number of hydrogen-bond donors (Lipinski definition) is 0. The van der Waals surface area contributed by atoms with Crippen molar-refractivity contribution in [3.8, 4) is 50.8 Å². The van der Waals surface area contributed by atoms with Crippen molar-refractivity contribution in [2.75, 3.05) is 54.9 Å². The Balaban J connectivity index is 0.000000191. The summed E-state index contributed by atoms with van der Waals surface area (Å²) in [6.45, 7) is 15.1. The van der Waals surface area contributed by atoms with E-state index in [1.165, 1.54) is 68.5 Å². The predicted molar refractivity (Wildman–Crippen MR) is 485 cm³/mol. The van der Waals surface area contributed by atoms with Crippen molar-refractivity contribution >= 4 is 69.5 Å². The van der Waals surface area contributed by atoms with Gasteiger partial charge in [-0.1, -0.05) is 82.3 Å². The summed E-state index contributed by atoms with van der Waals surface area (Å²) in [4.78, 5) is 137. The molecule has 4 aromatic carbocycles. The molecule has 0 radical (unpaired) electrons. The molecule has 8 aromatic heterocycles. The summed E-state index contributed by atoms with van der Waals surface area (Å²) in [6, 6.07) is 46.6. The maximum absolute atomic E-state index is 14.6. The van der Waals surface area contributed by atoms with Gasteiger partial charge in [-0.15, -0.1) is 0 Å². The average Bonchev–Trinajstić information content (AvgIpc) is 0.830. The summed E-state index contributed by atoms with van der Waals surface area (Å²) >= 11 is 0. The van der Waals surface area contributed by atoms with Crippen LogP contribution in [0.2, 0.25) is 0 Å². The van der Waals surface area contributed by atoms with Crippen LogP contribution in [-0.2, 0) is 44.9 Å². The van der Waals surface area contributed by atoms with Gasteiger partial charge in [0.1, 0.15) is 29.0 Å². The molecule has 8 heterocycles. The van der Waals surface area contributed by atoms with Gasteiger partial charge in [0.2, 0.25) is 35.5 Å². The fraction of sp³-hybridized carbons (Fsp3) is 0.287. The molecule has 0 N–H and O–H groups in total. The van der Waals surface area contributed by atoms with Crippen LogP contribution in [0.4, 0.5) is 44.7 Å². The van der Waals surface area contributed by atoms with E-state index in [0.717, 1.165) is 39.3 Å². The minimum absolute atomic E-state index is 0.00150. The zero-order valence-corrected chi connectivity index (χ0v) is 73.9. The first kappa shape index (κ1) is 96.9.